The highest BCUT2D eigenvalue weighted by molar-refractivity contribution is 7.08. The number of oxazole rings is 1. The Bertz CT molecular complexity index is 1670. The summed E-state index contributed by atoms with van der Waals surface area (Å²) in [5, 5.41) is 13.2. The minimum atomic E-state index is -0.432. The number of nitrogens with one attached hydrogen (secondary N) is 3. The molecule has 3 N–H and O–H groups in total. The second-order valence-corrected chi connectivity index (χ2v) is 10.8. The van der Waals surface area contributed by atoms with Crippen LogP contribution in [0.2, 0.25) is 0 Å². The number of piperazine rings is 1. The minimum absolute atomic E-state index is 0.100. The van der Waals surface area contributed by atoms with Crippen LogP contribution in [-0.4, -0.2) is 84.3 Å². The third-order valence-electron chi connectivity index (χ3n) is 7.04. The number of amides is 2. The van der Waals surface area contributed by atoms with E-state index in [1.807, 2.05) is 35.0 Å². The van der Waals surface area contributed by atoms with Gasteiger partial charge in [0.2, 0.25) is 0 Å². The molecule has 0 bridgehead atoms. The summed E-state index contributed by atoms with van der Waals surface area (Å²) in [4.78, 5) is 30.4. The zero-order valence-corrected chi connectivity index (χ0v) is 24.2. The molecule has 13 heteroatoms. The molecule has 2 aromatic carbocycles. The molecule has 0 saturated carbocycles. The molecule has 1 fully saturated rings. The molecule has 0 atom stereocenters. The molecule has 0 spiro atoms. The number of carbonyl (C=O) groups is 1. The quantitative estimate of drug-likeness (QED) is 0.186. The lowest BCUT2D eigenvalue weighted by Crippen LogP contribution is -2.44. The number of fused-ring (bicyclic) bond motifs is 2. The van der Waals surface area contributed by atoms with E-state index in [0.29, 0.717) is 40.7 Å². The maximum absolute atomic E-state index is 12.2. The number of thiophene rings is 1. The van der Waals surface area contributed by atoms with Crippen LogP contribution in [-0.2, 0) is 0 Å². The summed E-state index contributed by atoms with van der Waals surface area (Å²) in [5.74, 6) is 1.87. The van der Waals surface area contributed by atoms with E-state index in [-0.39, 0.29) is 6.01 Å². The second kappa shape index (κ2) is 12.6. The fourth-order valence-corrected chi connectivity index (χ4v) is 5.35. The van der Waals surface area contributed by atoms with Gasteiger partial charge in [-0.3, -0.25) is 5.32 Å². The van der Waals surface area contributed by atoms with Gasteiger partial charge in [-0.15, -0.1) is 0 Å². The van der Waals surface area contributed by atoms with E-state index >= 15 is 0 Å². The van der Waals surface area contributed by atoms with Crippen molar-refractivity contribution in [2.45, 2.75) is 6.42 Å². The van der Waals surface area contributed by atoms with Crippen LogP contribution in [0, 0.1) is 0 Å². The van der Waals surface area contributed by atoms with E-state index in [1.54, 1.807) is 19.2 Å². The van der Waals surface area contributed by atoms with E-state index < -0.39 is 6.03 Å². The van der Waals surface area contributed by atoms with Crippen LogP contribution in [0.4, 0.5) is 28.0 Å². The van der Waals surface area contributed by atoms with Gasteiger partial charge in [0, 0.05) is 61.3 Å². The Balaban J connectivity index is 1.12. The van der Waals surface area contributed by atoms with Gasteiger partial charge in [0.15, 0.2) is 17.1 Å². The molecule has 6 rings (SSSR count). The van der Waals surface area contributed by atoms with Gasteiger partial charge in [0.25, 0.3) is 0 Å². The van der Waals surface area contributed by atoms with Crippen LogP contribution in [0.5, 0.6) is 11.5 Å². The summed E-state index contributed by atoms with van der Waals surface area (Å²) < 4.78 is 17.5. The SMILES string of the molecule is COc1cc2c(Nc3ccc4nc(NC(=O)Nc5ccsc5)oc4c3)ncnc2cc1OCCCN1CCN(C)CC1. The third-order valence-corrected chi connectivity index (χ3v) is 7.73. The topological polar surface area (TPSA) is 130 Å². The Labute approximate surface area is 246 Å². The highest BCUT2D eigenvalue weighted by atomic mass is 32.1. The molecule has 4 heterocycles. The number of aromatic nitrogens is 3. The summed E-state index contributed by atoms with van der Waals surface area (Å²) in [7, 11) is 3.79. The molecule has 12 nitrogen and oxygen atoms in total. The van der Waals surface area contributed by atoms with Gasteiger partial charge in [-0.25, -0.2) is 14.8 Å². The average molecular weight is 589 g/mol. The fraction of sp³-hybridized carbons (Fsp3) is 0.310. The van der Waals surface area contributed by atoms with Gasteiger partial charge in [-0.1, -0.05) is 0 Å². The molecule has 0 unspecified atom stereocenters. The third kappa shape index (κ3) is 6.54. The largest absolute Gasteiger partial charge is 0.493 e. The molecule has 218 valence electrons. The van der Waals surface area contributed by atoms with Gasteiger partial charge in [-0.2, -0.15) is 16.3 Å². The monoisotopic (exact) mass is 588 g/mol. The first-order valence-electron chi connectivity index (χ1n) is 13.7. The summed E-state index contributed by atoms with van der Waals surface area (Å²) in [6, 6.07) is 10.7. The van der Waals surface area contributed by atoms with Crippen molar-refractivity contribution in [1.29, 1.82) is 0 Å². The second-order valence-electron chi connectivity index (χ2n) is 10.0. The summed E-state index contributed by atoms with van der Waals surface area (Å²) in [6.45, 7) is 6.00. The molecule has 1 aliphatic rings. The average Bonchev–Trinajstić information content (AvgIpc) is 3.65. The van der Waals surface area contributed by atoms with Crippen LogP contribution in [0.3, 0.4) is 0 Å². The van der Waals surface area contributed by atoms with E-state index in [1.165, 1.54) is 17.7 Å². The zero-order valence-electron chi connectivity index (χ0n) is 23.4. The Kier molecular flexibility index (Phi) is 8.30. The highest BCUT2D eigenvalue weighted by Gasteiger charge is 2.16. The molecule has 5 aromatic rings. The number of hydrogen-bond donors (Lipinski definition) is 3. The van der Waals surface area contributed by atoms with Gasteiger partial charge in [-0.05, 0) is 43.1 Å². The van der Waals surface area contributed by atoms with Crippen molar-refractivity contribution in [1.82, 2.24) is 24.8 Å². The van der Waals surface area contributed by atoms with Gasteiger partial charge >= 0.3 is 12.0 Å². The van der Waals surface area contributed by atoms with Crippen LogP contribution >= 0.6 is 11.3 Å². The van der Waals surface area contributed by atoms with Crippen molar-refractivity contribution in [2.75, 3.05) is 69.4 Å². The standard InChI is InChI=1S/C29H32N8O4S/c1-36-8-10-37(11-9-36)7-3-12-40-26-16-23-21(15-25(26)39-2)27(31-18-30-23)32-19-4-5-22-24(14-19)41-29(34-22)35-28(38)33-20-6-13-42-17-20/h4-6,13-18H,3,7-12H2,1-2H3,(H,30,31,32)(H2,33,34,35,38). The number of likely N-dealkylation sites (N-methyl/N-ethyl adjacent to an activating group) is 1. The first-order valence-corrected chi connectivity index (χ1v) is 14.6. The van der Waals surface area contributed by atoms with Gasteiger partial charge in [0.1, 0.15) is 17.7 Å². The summed E-state index contributed by atoms with van der Waals surface area (Å²) >= 11 is 1.49. The van der Waals surface area contributed by atoms with Crippen molar-refractivity contribution < 1.29 is 18.7 Å². The Hall–Kier alpha value is -4.46. The molecule has 0 radical (unpaired) electrons. The van der Waals surface area contributed by atoms with E-state index in [9.17, 15) is 4.79 Å². The molecule has 3 aromatic heterocycles. The number of benzene rings is 2. The zero-order chi connectivity index (χ0) is 28.9. The smallest absolute Gasteiger partial charge is 0.327 e. The van der Waals surface area contributed by atoms with Crippen LogP contribution < -0.4 is 25.4 Å². The Morgan fingerprint density at radius 1 is 1.02 bits per heavy atom. The lowest BCUT2D eigenvalue weighted by Gasteiger charge is -2.32. The van der Waals surface area contributed by atoms with Crippen LogP contribution in [0.1, 0.15) is 6.42 Å². The summed E-state index contributed by atoms with van der Waals surface area (Å²) in [5.41, 5.74) is 3.28. The molecule has 1 aliphatic heterocycles. The maximum atomic E-state index is 12.2. The van der Waals surface area contributed by atoms with Crippen LogP contribution in [0.25, 0.3) is 22.0 Å². The molecule has 1 saturated heterocycles. The lowest BCUT2D eigenvalue weighted by atomic mass is 10.2. The lowest BCUT2D eigenvalue weighted by molar-refractivity contribution is 0.145. The number of rotatable bonds is 10. The van der Waals surface area contributed by atoms with E-state index in [2.05, 4.69) is 47.7 Å². The van der Waals surface area contributed by atoms with Crippen molar-refractivity contribution >= 4 is 62.6 Å². The first kappa shape index (κ1) is 27.7. The maximum Gasteiger partial charge on any atom is 0.327 e. The van der Waals surface area contributed by atoms with Crippen molar-refractivity contribution in [2.24, 2.45) is 0 Å². The van der Waals surface area contributed by atoms with Crippen molar-refractivity contribution in [3.8, 4) is 11.5 Å². The predicted molar refractivity (Wildman–Crippen MR) is 164 cm³/mol. The van der Waals surface area contributed by atoms with Crippen molar-refractivity contribution in [3.05, 3.63) is 53.5 Å². The molecule has 42 heavy (non-hydrogen) atoms. The predicted octanol–water partition coefficient (Wildman–Crippen LogP) is 5.25. The number of methoxy groups -OCH3 is 1. The molecule has 0 aliphatic carbocycles. The summed E-state index contributed by atoms with van der Waals surface area (Å²) in [6.07, 6.45) is 2.44. The minimum Gasteiger partial charge on any atom is -0.493 e. The number of hydrogen-bond acceptors (Lipinski definition) is 11. The van der Waals surface area contributed by atoms with Gasteiger partial charge in [0.05, 0.1) is 24.9 Å². The highest BCUT2D eigenvalue weighted by Crippen LogP contribution is 2.35. The molecular weight excluding hydrogens is 556 g/mol. The number of anilines is 4. The first-order chi connectivity index (χ1) is 20.5. The van der Waals surface area contributed by atoms with Crippen LogP contribution in [0.15, 0.2) is 57.9 Å². The van der Waals surface area contributed by atoms with Gasteiger partial charge < -0.3 is 34.3 Å². The number of nitrogens with zero attached hydrogens (tertiary/aromatic N) is 5. The number of ether oxygens (including phenoxy) is 2. The van der Waals surface area contributed by atoms with E-state index in [0.717, 1.165) is 55.7 Å². The Morgan fingerprint density at radius 3 is 2.71 bits per heavy atom. The van der Waals surface area contributed by atoms with Crippen molar-refractivity contribution in [3.63, 3.8) is 0 Å². The number of carbonyl (C=O) groups excluding carboxylic acids is 1. The fourth-order valence-electron chi connectivity index (χ4n) is 4.77. The van der Waals surface area contributed by atoms with E-state index in [4.69, 9.17) is 13.9 Å². The normalized spacial score (nSPS) is 14.2. The Morgan fingerprint density at radius 2 is 1.90 bits per heavy atom. The number of urea groups is 1. The molecule has 2 amide bonds. The molecular formula is C29H32N8O4S.